The van der Waals surface area contributed by atoms with Crippen molar-refractivity contribution in [1.82, 2.24) is 4.57 Å². The predicted octanol–water partition coefficient (Wildman–Crippen LogP) is 5.30. The maximum absolute atomic E-state index is 13.9. The summed E-state index contributed by atoms with van der Waals surface area (Å²) >= 11 is 13.8. The minimum absolute atomic E-state index is 0.233. The van der Waals surface area contributed by atoms with Crippen LogP contribution in [0, 0.1) is 0 Å². The molecule has 4 aromatic rings. The summed E-state index contributed by atoms with van der Waals surface area (Å²) < 4.78 is 18.5. The Balaban J connectivity index is 1.59. The summed E-state index contributed by atoms with van der Waals surface area (Å²) in [5, 5.41) is 1.07. The van der Waals surface area contributed by atoms with Gasteiger partial charge in [-0.05, 0) is 55.0 Å². The van der Waals surface area contributed by atoms with Crippen molar-refractivity contribution in [3.63, 3.8) is 0 Å². The molecule has 1 atom stereocenters. The largest absolute Gasteiger partial charge is 0.496 e. The molecule has 1 aliphatic rings. The summed E-state index contributed by atoms with van der Waals surface area (Å²) in [6, 6.07) is 19.1. The number of esters is 1. The van der Waals surface area contributed by atoms with Crippen molar-refractivity contribution in [2.75, 3.05) is 14.2 Å². The Morgan fingerprint density at radius 1 is 1.07 bits per heavy atom. The van der Waals surface area contributed by atoms with Crippen molar-refractivity contribution >= 4 is 46.6 Å². The SMILES string of the molecule is COC(=O)C1=C(C)N=c2s/c(=C\c3cccc(OCc4ccccc4Cl)c3)c(=O)n2[C@H]1c1cc(Cl)ccc1OC. The zero-order chi connectivity index (χ0) is 28.4. The van der Waals surface area contributed by atoms with Gasteiger partial charge in [-0.3, -0.25) is 9.36 Å². The highest BCUT2D eigenvalue weighted by atomic mass is 35.5. The molecule has 3 aromatic carbocycles. The fourth-order valence-corrected chi connectivity index (χ4v) is 5.95. The van der Waals surface area contributed by atoms with E-state index in [4.69, 9.17) is 37.4 Å². The van der Waals surface area contributed by atoms with E-state index in [2.05, 4.69) is 4.99 Å². The zero-order valence-electron chi connectivity index (χ0n) is 21.8. The van der Waals surface area contributed by atoms with Crippen LogP contribution in [0.3, 0.4) is 0 Å². The number of methoxy groups -OCH3 is 2. The van der Waals surface area contributed by atoms with Gasteiger partial charge in [0.1, 0.15) is 24.1 Å². The van der Waals surface area contributed by atoms with Gasteiger partial charge in [-0.15, -0.1) is 0 Å². The molecule has 10 heteroatoms. The second-order valence-electron chi connectivity index (χ2n) is 8.91. The number of hydrogen-bond acceptors (Lipinski definition) is 7. The Morgan fingerprint density at radius 2 is 1.88 bits per heavy atom. The molecule has 2 heterocycles. The van der Waals surface area contributed by atoms with Crippen LogP contribution in [-0.2, 0) is 16.1 Å². The summed E-state index contributed by atoms with van der Waals surface area (Å²) in [4.78, 5) is 31.8. The number of carbonyl (C=O) groups excluding carboxylic acids is 1. The molecule has 40 heavy (non-hydrogen) atoms. The molecular weight excluding hydrogens is 571 g/mol. The van der Waals surface area contributed by atoms with Crippen LogP contribution in [0.1, 0.15) is 29.7 Å². The number of hydrogen-bond donors (Lipinski definition) is 0. The Labute approximate surface area is 244 Å². The number of rotatable bonds is 7. The molecule has 1 aliphatic heterocycles. The third kappa shape index (κ3) is 5.43. The Morgan fingerprint density at radius 3 is 2.62 bits per heavy atom. The number of fused-ring (bicyclic) bond motifs is 1. The standard InChI is InChI=1S/C30H24Cl2N2O5S/c1-17-26(29(36)38-3)27(22-15-20(31)11-12-24(22)37-2)34-28(35)25(40-30(34)33-17)14-18-7-6-9-21(13-18)39-16-19-8-4-5-10-23(19)32/h4-15,27H,16H2,1-3H3/b25-14-/t27-/m0/s1. The Hall–Kier alpha value is -3.85. The van der Waals surface area contributed by atoms with Gasteiger partial charge >= 0.3 is 5.97 Å². The average molecular weight is 596 g/mol. The lowest BCUT2D eigenvalue weighted by Gasteiger charge is -2.25. The topological polar surface area (TPSA) is 79.1 Å². The highest BCUT2D eigenvalue weighted by Crippen LogP contribution is 2.37. The molecule has 0 spiro atoms. The monoisotopic (exact) mass is 594 g/mol. The van der Waals surface area contributed by atoms with E-state index in [0.717, 1.165) is 11.1 Å². The predicted molar refractivity (Wildman–Crippen MR) is 156 cm³/mol. The lowest BCUT2D eigenvalue weighted by molar-refractivity contribution is -0.136. The van der Waals surface area contributed by atoms with Crippen molar-refractivity contribution < 1.29 is 19.0 Å². The van der Waals surface area contributed by atoms with Gasteiger partial charge in [-0.25, -0.2) is 9.79 Å². The van der Waals surface area contributed by atoms with E-state index in [1.54, 1.807) is 31.2 Å². The number of ether oxygens (including phenoxy) is 3. The fraction of sp³-hybridized carbons (Fsp3) is 0.167. The number of thiazole rings is 1. The first-order valence-corrected chi connectivity index (χ1v) is 13.8. The molecule has 0 saturated heterocycles. The zero-order valence-corrected chi connectivity index (χ0v) is 24.1. The Bertz CT molecular complexity index is 1830. The maximum Gasteiger partial charge on any atom is 0.338 e. The second kappa shape index (κ2) is 11.7. The van der Waals surface area contributed by atoms with Crippen molar-refractivity contribution in [3.05, 3.63) is 124 Å². The van der Waals surface area contributed by atoms with Crippen LogP contribution in [0.5, 0.6) is 11.5 Å². The first-order chi connectivity index (χ1) is 19.3. The highest BCUT2D eigenvalue weighted by Gasteiger charge is 2.35. The van der Waals surface area contributed by atoms with Gasteiger partial charge in [0, 0.05) is 21.2 Å². The van der Waals surface area contributed by atoms with Crippen LogP contribution < -0.4 is 24.4 Å². The average Bonchev–Trinajstić information content (AvgIpc) is 3.25. The van der Waals surface area contributed by atoms with Crippen LogP contribution in [-0.4, -0.2) is 24.8 Å². The number of halogens is 2. The van der Waals surface area contributed by atoms with Gasteiger partial charge < -0.3 is 14.2 Å². The van der Waals surface area contributed by atoms with Gasteiger partial charge in [-0.1, -0.05) is 64.9 Å². The van der Waals surface area contributed by atoms with Gasteiger partial charge in [0.25, 0.3) is 5.56 Å². The number of aromatic nitrogens is 1. The van der Waals surface area contributed by atoms with Gasteiger partial charge in [0.2, 0.25) is 0 Å². The van der Waals surface area contributed by atoms with Crippen LogP contribution in [0.15, 0.2) is 87.8 Å². The lowest BCUT2D eigenvalue weighted by Crippen LogP contribution is -2.40. The first kappa shape index (κ1) is 27.7. The molecule has 204 valence electrons. The van der Waals surface area contributed by atoms with Crippen LogP contribution >= 0.6 is 34.5 Å². The molecule has 0 fully saturated rings. The van der Waals surface area contributed by atoms with Crippen molar-refractivity contribution in [2.24, 2.45) is 4.99 Å². The van der Waals surface area contributed by atoms with Gasteiger partial charge in [0.05, 0.1) is 30.0 Å². The molecule has 0 radical (unpaired) electrons. The number of allylic oxidation sites excluding steroid dienone is 1. The third-order valence-electron chi connectivity index (χ3n) is 6.42. The van der Waals surface area contributed by atoms with Crippen molar-refractivity contribution in [3.8, 4) is 11.5 Å². The fourth-order valence-electron chi connectivity index (χ4n) is 4.53. The molecule has 0 unspecified atom stereocenters. The summed E-state index contributed by atoms with van der Waals surface area (Å²) in [7, 11) is 2.81. The molecule has 0 amide bonds. The molecule has 0 bridgehead atoms. The normalized spacial score (nSPS) is 14.9. The highest BCUT2D eigenvalue weighted by molar-refractivity contribution is 7.07. The molecular formula is C30H24Cl2N2O5S. The first-order valence-electron chi connectivity index (χ1n) is 12.2. The summed E-state index contributed by atoms with van der Waals surface area (Å²) in [6.07, 6.45) is 1.77. The van der Waals surface area contributed by atoms with Gasteiger partial charge in [-0.2, -0.15) is 0 Å². The number of carbonyl (C=O) groups is 1. The van der Waals surface area contributed by atoms with Crippen molar-refractivity contribution in [1.29, 1.82) is 0 Å². The minimum Gasteiger partial charge on any atom is -0.496 e. The van der Waals surface area contributed by atoms with Gasteiger partial charge in [0.15, 0.2) is 4.80 Å². The Kier molecular flexibility index (Phi) is 8.12. The third-order valence-corrected chi connectivity index (χ3v) is 8.01. The summed E-state index contributed by atoms with van der Waals surface area (Å²) in [5.41, 5.74) is 2.55. The second-order valence-corrected chi connectivity index (χ2v) is 10.8. The van der Waals surface area contributed by atoms with E-state index in [0.29, 0.717) is 48.7 Å². The summed E-state index contributed by atoms with van der Waals surface area (Å²) in [6.45, 7) is 2.02. The van der Waals surface area contributed by atoms with E-state index < -0.39 is 12.0 Å². The minimum atomic E-state index is -0.843. The quantitative estimate of drug-likeness (QED) is 0.271. The number of benzene rings is 3. The molecule has 0 saturated carbocycles. The van der Waals surface area contributed by atoms with Crippen LogP contribution in [0.2, 0.25) is 10.0 Å². The van der Waals surface area contributed by atoms with Crippen molar-refractivity contribution in [2.45, 2.75) is 19.6 Å². The molecule has 7 nitrogen and oxygen atoms in total. The van der Waals surface area contributed by atoms with E-state index in [1.807, 2.05) is 48.5 Å². The smallest absolute Gasteiger partial charge is 0.338 e. The lowest BCUT2D eigenvalue weighted by atomic mass is 9.95. The van der Waals surface area contributed by atoms with E-state index >= 15 is 0 Å². The molecule has 0 N–H and O–H groups in total. The van der Waals surface area contributed by atoms with E-state index in [9.17, 15) is 9.59 Å². The van der Waals surface area contributed by atoms with E-state index in [1.165, 1.54) is 30.1 Å². The molecule has 1 aromatic heterocycles. The molecule has 5 rings (SSSR count). The summed E-state index contributed by atoms with van der Waals surface area (Å²) in [5.74, 6) is 0.515. The van der Waals surface area contributed by atoms with E-state index in [-0.39, 0.29) is 11.1 Å². The van der Waals surface area contributed by atoms with Crippen LogP contribution in [0.25, 0.3) is 6.08 Å². The molecule has 0 aliphatic carbocycles. The maximum atomic E-state index is 13.9. The number of nitrogens with zero attached hydrogens (tertiary/aromatic N) is 2. The van der Waals surface area contributed by atoms with Crippen LogP contribution in [0.4, 0.5) is 0 Å².